The summed E-state index contributed by atoms with van der Waals surface area (Å²) >= 11 is 0. The van der Waals surface area contributed by atoms with Crippen molar-refractivity contribution >= 4 is 5.91 Å². The van der Waals surface area contributed by atoms with Crippen LogP contribution in [0.5, 0.6) is 0 Å². The van der Waals surface area contributed by atoms with Crippen LogP contribution in [0.1, 0.15) is 35.4 Å². The van der Waals surface area contributed by atoms with Gasteiger partial charge < -0.3 is 10.4 Å². The summed E-state index contributed by atoms with van der Waals surface area (Å²) in [6, 6.07) is 12.1. The van der Waals surface area contributed by atoms with Gasteiger partial charge in [0.1, 0.15) is 0 Å². The minimum Gasteiger partial charge on any atom is -0.388 e. The van der Waals surface area contributed by atoms with Crippen molar-refractivity contribution in [3.8, 4) is 0 Å². The lowest BCUT2D eigenvalue weighted by Crippen LogP contribution is -2.34. The Balaban J connectivity index is 1.98. The first kappa shape index (κ1) is 16.1. The Kier molecular flexibility index (Phi) is 5.22. The first-order chi connectivity index (χ1) is 10.5. The van der Waals surface area contributed by atoms with Gasteiger partial charge in [0.25, 0.3) is 5.91 Å². The second-order valence-electron chi connectivity index (χ2n) is 5.14. The molecule has 2 atom stereocenters. The normalized spacial score (nSPS) is 13.5. The highest BCUT2D eigenvalue weighted by Gasteiger charge is 2.18. The zero-order valence-electron chi connectivity index (χ0n) is 12.1. The Labute approximate surface area is 127 Å². The number of aliphatic hydroxyl groups is 1. The number of halogens is 2. The van der Waals surface area contributed by atoms with E-state index in [1.54, 1.807) is 19.1 Å². The molecule has 0 saturated heterocycles. The van der Waals surface area contributed by atoms with Crippen LogP contribution >= 0.6 is 0 Å². The number of carbonyl (C=O) groups excluding carboxylic acids is 1. The van der Waals surface area contributed by atoms with Crippen LogP contribution in [-0.2, 0) is 0 Å². The van der Waals surface area contributed by atoms with Gasteiger partial charge in [-0.1, -0.05) is 36.4 Å². The van der Waals surface area contributed by atoms with Crippen LogP contribution in [0.15, 0.2) is 48.5 Å². The van der Waals surface area contributed by atoms with Crippen molar-refractivity contribution in [2.45, 2.75) is 25.5 Å². The summed E-state index contributed by atoms with van der Waals surface area (Å²) in [4.78, 5) is 11.9. The Morgan fingerprint density at radius 2 is 1.82 bits per heavy atom. The quantitative estimate of drug-likeness (QED) is 0.891. The van der Waals surface area contributed by atoms with E-state index in [4.69, 9.17) is 0 Å². The lowest BCUT2D eigenvalue weighted by Gasteiger charge is -2.18. The van der Waals surface area contributed by atoms with Crippen molar-refractivity contribution in [2.75, 3.05) is 0 Å². The summed E-state index contributed by atoms with van der Waals surface area (Å²) in [6.45, 7) is 1.70. The van der Waals surface area contributed by atoms with Crippen molar-refractivity contribution in [1.82, 2.24) is 5.32 Å². The van der Waals surface area contributed by atoms with E-state index in [1.165, 1.54) is 12.1 Å². The number of hydrogen-bond donors (Lipinski definition) is 2. The zero-order chi connectivity index (χ0) is 16.1. The summed E-state index contributed by atoms with van der Waals surface area (Å²) < 4.78 is 26.7. The molecule has 0 aliphatic carbocycles. The van der Waals surface area contributed by atoms with E-state index in [0.29, 0.717) is 0 Å². The Hall–Kier alpha value is -2.27. The third-order valence-corrected chi connectivity index (χ3v) is 3.33. The third-order valence-electron chi connectivity index (χ3n) is 3.33. The molecule has 0 aliphatic heterocycles. The van der Waals surface area contributed by atoms with Crippen molar-refractivity contribution in [1.29, 1.82) is 0 Å². The number of carbonyl (C=O) groups is 1. The fourth-order valence-corrected chi connectivity index (χ4v) is 2.19. The Morgan fingerprint density at radius 3 is 2.50 bits per heavy atom. The standard InChI is InChI=1S/C17H17F2NO2/c1-11(10-15(21)12-6-3-2-4-7-12)20-17(22)13-8-5-9-14(18)16(13)19/h2-9,11,15,21H,10H2,1H3,(H,20,22)/t11-,15+/m1/s1. The van der Waals surface area contributed by atoms with Crippen LogP contribution in [0.4, 0.5) is 8.78 Å². The molecular weight excluding hydrogens is 288 g/mol. The zero-order valence-corrected chi connectivity index (χ0v) is 12.1. The smallest absolute Gasteiger partial charge is 0.254 e. The highest BCUT2D eigenvalue weighted by molar-refractivity contribution is 5.94. The molecule has 5 heteroatoms. The first-order valence-corrected chi connectivity index (χ1v) is 6.97. The van der Waals surface area contributed by atoms with Crippen LogP contribution in [0.2, 0.25) is 0 Å². The van der Waals surface area contributed by atoms with Gasteiger partial charge in [-0.25, -0.2) is 8.78 Å². The van der Waals surface area contributed by atoms with Crippen LogP contribution in [0, 0.1) is 11.6 Å². The number of nitrogens with one attached hydrogen (secondary N) is 1. The van der Waals surface area contributed by atoms with E-state index in [-0.39, 0.29) is 12.0 Å². The van der Waals surface area contributed by atoms with E-state index in [9.17, 15) is 18.7 Å². The largest absolute Gasteiger partial charge is 0.388 e. The minimum absolute atomic E-state index is 0.271. The maximum Gasteiger partial charge on any atom is 0.254 e. The van der Waals surface area contributed by atoms with E-state index >= 15 is 0 Å². The molecule has 2 aromatic carbocycles. The summed E-state index contributed by atoms with van der Waals surface area (Å²) in [5, 5.41) is 12.6. The molecule has 0 fully saturated rings. The van der Waals surface area contributed by atoms with E-state index in [1.807, 2.05) is 18.2 Å². The van der Waals surface area contributed by atoms with Crippen molar-refractivity contribution in [3.05, 3.63) is 71.3 Å². The Bertz CT molecular complexity index is 646. The molecule has 1 amide bonds. The molecule has 0 saturated carbocycles. The molecule has 0 radical (unpaired) electrons. The third kappa shape index (κ3) is 3.89. The monoisotopic (exact) mass is 305 g/mol. The second-order valence-corrected chi connectivity index (χ2v) is 5.14. The maximum absolute atomic E-state index is 13.5. The first-order valence-electron chi connectivity index (χ1n) is 6.97. The van der Waals surface area contributed by atoms with Crippen molar-refractivity contribution in [2.24, 2.45) is 0 Å². The molecule has 116 valence electrons. The highest BCUT2D eigenvalue weighted by atomic mass is 19.2. The van der Waals surface area contributed by atoms with Gasteiger partial charge in [-0.2, -0.15) is 0 Å². The summed E-state index contributed by atoms with van der Waals surface area (Å²) in [6.07, 6.45) is -0.471. The summed E-state index contributed by atoms with van der Waals surface area (Å²) in [5.74, 6) is -2.94. The number of rotatable bonds is 5. The summed E-state index contributed by atoms with van der Waals surface area (Å²) in [7, 11) is 0. The second kappa shape index (κ2) is 7.13. The molecule has 0 unspecified atom stereocenters. The van der Waals surface area contributed by atoms with E-state index in [2.05, 4.69) is 5.32 Å². The van der Waals surface area contributed by atoms with Crippen LogP contribution in [-0.4, -0.2) is 17.1 Å². The van der Waals surface area contributed by atoms with Gasteiger partial charge in [0.15, 0.2) is 11.6 Å². The van der Waals surface area contributed by atoms with Crippen LogP contribution in [0.3, 0.4) is 0 Å². The number of aliphatic hydroxyl groups excluding tert-OH is 1. The van der Waals surface area contributed by atoms with Gasteiger partial charge >= 0.3 is 0 Å². The molecule has 0 spiro atoms. The average Bonchev–Trinajstić information content (AvgIpc) is 2.50. The SMILES string of the molecule is C[C@H](C[C@H](O)c1ccccc1)NC(=O)c1cccc(F)c1F. The number of hydrogen-bond acceptors (Lipinski definition) is 2. The van der Waals surface area contributed by atoms with Gasteiger partial charge in [0, 0.05) is 6.04 Å². The van der Waals surface area contributed by atoms with Gasteiger partial charge in [-0.3, -0.25) is 4.79 Å². The fourth-order valence-electron chi connectivity index (χ4n) is 2.19. The predicted octanol–water partition coefficient (Wildman–Crippen LogP) is 3.21. The molecule has 0 aliphatic rings. The molecule has 3 nitrogen and oxygen atoms in total. The molecule has 0 bridgehead atoms. The Morgan fingerprint density at radius 1 is 1.14 bits per heavy atom. The number of benzene rings is 2. The molecule has 2 aromatic rings. The maximum atomic E-state index is 13.5. The molecule has 22 heavy (non-hydrogen) atoms. The highest BCUT2D eigenvalue weighted by Crippen LogP contribution is 2.18. The van der Waals surface area contributed by atoms with E-state index in [0.717, 1.165) is 11.6 Å². The van der Waals surface area contributed by atoms with E-state index < -0.39 is 29.7 Å². The summed E-state index contributed by atoms with van der Waals surface area (Å²) in [5.41, 5.74) is 0.390. The number of amides is 1. The van der Waals surface area contributed by atoms with Gasteiger partial charge in [-0.05, 0) is 31.0 Å². The molecule has 2 rings (SSSR count). The van der Waals surface area contributed by atoms with Crippen LogP contribution in [0.25, 0.3) is 0 Å². The minimum atomic E-state index is -1.17. The van der Waals surface area contributed by atoms with Crippen LogP contribution < -0.4 is 5.32 Å². The molecule has 2 N–H and O–H groups in total. The van der Waals surface area contributed by atoms with Gasteiger partial charge in [0.2, 0.25) is 0 Å². The van der Waals surface area contributed by atoms with Crippen molar-refractivity contribution < 1.29 is 18.7 Å². The fraction of sp³-hybridized carbons (Fsp3) is 0.235. The lowest BCUT2D eigenvalue weighted by molar-refractivity contribution is 0.0912. The molecule has 0 heterocycles. The van der Waals surface area contributed by atoms with Crippen molar-refractivity contribution in [3.63, 3.8) is 0 Å². The average molecular weight is 305 g/mol. The topological polar surface area (TPSA) is 49.3 Å². The van der Waals surface area contributed by atoms with Gasteiger partial charge in [-0.15, -0.1) is 0 Å². The molecule has 0 aromatic heterocycles. The molecular formula is C17H17F2NO2. The lowest BCUT2D eigenvalue weighted by atomic mass is 10.0. The van der Waals surface area contributed by atoms with Gasteiger partial charge in [0.05, 0.1) is 11.7 Å². The predicted molar refractivity (Wildman–Crippen MR) is 79.3 cm³/mol.